The molecule has 0 fully saturated rings. The zero-order valence-electron chi connectivity index (χ0n) is 12.3. The third-order valence-corrected chi connectivity index (χ3v) is 2.90. The van der Waals surface area contributed by atoms with Gasteiger partial charge < -0.3 is 20.4 Å². The Kier molecular flexibility index (Phi) is 7.32. The van der Waals surface area contributed by atoms with Crippen LogP contribution in [-0.4, -0.2) is 24.3 Å². The van der Waals surface area contributed by atoms with Gasteiger partial charge in [-0.3, -0.25) is 0 Å². The van der Waals surface area contributed by atoms with E-state index in [0.717, 1.165) is 6.42 Å². The second-order valence-corrected chi connectivity index (χ2v) is 4.49. The Morgan fingerprint density at radius 1 is 1.15 bits per heavy atom. The van der Waals surface area contributed by atoms with Gasteiger partial charge in [-0.2, -0.15) is 0 Å². The van der Waals surface area contributed by atoms with Crippen LogP contribution in [0.2, 0.25) is 0 Å². The first-order valence-electron chi connectivity index (χ1n) is 7.10. The van der Waals surface area contributed by atoms with Crippen LogP contribution in [0.3, 0.4) is 0 Å². The highest BCUT2D eigenvalue weighted by molar-refractivity contribution is 5.97. The Morgan fingerprint density at radius 2 is 1.95 bits per heavy atom. The van der Waals surface area contributed by atoms with Crippen LogP contribution in [0.1, 0.15) is 45.1 Å². The predicted molar refractivity (Wildman–Crippen MR) is 79.8 cm³/mol. The molecule has 0 unspecified atom stereocenters. The minimum absolute atomic E-state index is 0.0560. The van der Waals surface area contributed by atoms with Crippen LogP contribution in [-0.2, 0) is 0 Å². The van der Waals surface area contributed by atoms with E-state index in [1.165, 1.54) is 19.3 Å². The molecule has 1 rings (SSSR count). The van der Waals surface area contributed by atoms with Crippen molar-refractivity contribution in [3.05, 3.63) is 23.8 Å². The van der Waals surface area contributed by atoms with Gasteiger partial charge in [0.25, 0.3) is 0 Å². The van der Waals surface area contributed by atoms with Gasteiger partial charge in [-0.1, -0.05) is 31.3 Å². The van der Waals surface area contributed by atoms with Crippen LogP contribution < -0.4 is 15.2 Å². The lowest BCUT2D eigenvalue weighted by Gasteiger charge is -2.13. The highest BCUT2D eigenvalue weighted by Crippen LogP contribution is 2.28. The van der Waals surface area contributed by atoms with Gasteiger partial charge in [-0.05, 0) is 31.5 Å². The molecule has 0 saturated carbocycles. The van der Waals surface area contributed by atoms with Crippen molar-refractivity contribution >= 4 is 5.84 Å². The van der Waals surface area contributed by atoms with Gasteiger partial charge >= 0.3 is 0 Å². The summed E-state index contributed by atoms with van der Waals surface area (Å²) in [4.78, 5) is 0. The Labute approximate surface area is 120 Å². The van der Waals surface area contributed by atoms with Crippen LogP contribution in [0.5, 0.6) is 11.5 Å². The zero-order valence-corrected chi connectivity index (χ0v) is 12.3. The summed E-state index contributed by atoms with van der Waals surface area (Å²) >= 11 is 0. The van der Waals surface area contributed by atoms with Crippen LogP contribution in [0, 0.1) is 0 Å². The van der Waals surface area contributed by atoms with Crippen molar-refractivity contribution in [1.29, 1.82) is 0 Å². The molecule has 3 N–H and O–H groups in total. The Morgan fingerprint density at radius 3 is 2.60 bits per heavy atom. The molecule has 0 bridgehead atoms. The fraction of sp³-hybridized carbons (Fsp3) is 0.533. The summed E-state index contributed by atoms with van der Waals surface area (Å²) in [5.41, 5.74) is 6.17. The quantitative estimate of drug-likeness (QED) is 0.239. The largest absolute Gasteiger partial charge is 0.490 e. The van der Waals surface area contributed by atoms with E-state index in [0.29, 0.717) is 30.3 Å². The number of unbranched alkanes of at least 4 members (excludes halogenated alkanes) is 3. The monoisotopic (exact) mass is 280 g/mol. The maximum Gasteiger partial charge on any atom is 0.170 e. The first-order valence-corrected chi connectivity index (χ1v) is 7.10. The van der Waals surface area contributed by atoms with Crippen LogP contribution in [0.4, 0.5) is 0 Å². The molecule has 0 spiro atoms. The molecule has 0 amide bonds. The third kappa shape index (κ3) is 4.99. The first-order chi connectivity index (χ1) is 9.72. The Balaban J connectivity index is 2.69. The fourth-order valence-electron chi connectivity index (χ4n) is 1.82. The number of nitrogens with zero attached hydrogens (tertiary/aromatic N) is 1. The van der Waals surface area contributed by atoms with Gasteiger partial charge in [0.15, 0.2) is 17.3 Å². The van der Waals surface area contributed by atoms with Gasteiger partial charge in [0.2, 0.25) is 0 Å². The van der Waals surface area contributed by atoms with Crippen LogP contribution in [0.15, 0.2) is 23.4 Å². The lowest BCUT2D eigenvalue weighted by atomic mass is 10.2. The van der Waals surface area contributed by atoms with E-state index in [2.05, 4.69) is 12.1 Å². The van der Waals surface area contributed by atoms with Crippen molar-refractivity contribution in [1.82, 2.24) is 0 Å². The minimum atomic E-state index is 0.0560. The molecule has 5 heteroatoms. The van der Waals surface area contributed by atoms with Crippen LogP contribution in [0.25, 0.3) is 0 Å². The smallest absolute Gasteiger partial charge is 0.170 e. The average Bonchev–Trinajstić information content (AvgIpc) is 2.47. The molecule has 5 nitrogen and oxygen atoms in total. The zero-order chi connectivity index (χ0) is 14.8. The normalized spacial score (nSPS) is 11.4. The summed E-state index contributed by atoms with van der Waals surface area (Å²) in [5, 5.41) is 11.7. The van der Waals surface area contributed by atoms with Gasteiger partial charge in [-0.15, -0.1) is 0 Å². The van der Waals surface area contributed by atoms with Crippen molar-refractivity contribution in [2.45, 2.75) is 39.5 Å². The van der Waals surface area contributed by atoms with E-state index in [9.17, 15) is 0 Å². The maximum atomic E-state index is 8.69. The van der Waals surface area contributed by atoms with Gasteiger partial charge in [0, 0.05) is 5.56 Å². The van der Waals surface area contributed by atoms with Crippen molar-refractivity contribution in [2.75, 3.05) is 13.2 Å². The molecule has 0 heterocycles. The SMILES string of the molecule is CCCCCCOc1ccc(C(N)=NO)cc1OCC. The second kappa shape index (κ2) is 9.07. The van der Waals surface area contributed by atoms with Gasteiger partial charge in [-0.25, -0.2) is 0 Å². The highest BCUT2D eigenvalue weighted by atomic mass is 16.5. The van der Waals surface area contributed by atoms with Crippen molar-refractivity contribution < 1.29 is 14.7 Å². The fourth-order valence-corrected chi connectivity index (χ4v) is 1.82. The lowest BCUT2D eigenvalue weighted by Crippen LogP contribution is -2.13. The highest BCUT2D eigenvalue weighted by Gasteiger charge is 2.08. The van der Waals surface area contributed by atoms with Gasteiger partial charge in [0.1, 0.15) is 0 Å². The molecule has 0 aliphatic rings. The Bertz CT molecular complexity index is 433. The van der Waals surface area contributed by atoms with Crippen molar-refractivity contribution in [2.24, 2.45) is 10.9 Å². The standard InChI is InChI=1S/C15H24N2O3/c1-3-5-6-7-10-20-13-9-8-12(15(16)17-18)11-14(13)19-4-2/h8-9,11,18H,3-7,10H2,1-2H3,(H2,16,17). The number of nitrogens with two attached hydrogens (primary N) is 1. The molecule has 20 heavy (non-hydrogen) atoms. The maximum absolute atomic E-state index is 8.69. The molecule has 0 aliphatic carbocycles. The minimum Gasteiger partial charge on any atom is -0.490 e. The van der Waals surface area contributed by atoms with Crippen molar-refractivity contribution in [3.63, 3.8) is 0 Å². The number of hydrogen-bond donors (Lipinski definition) is 2. The summed E-state index contributed by atoms with van der Waals surface area (Å²) in [6, 6.07) is 5.26. The molecular weight excluding hydrogens is 256 g/mol. The number of hydrogen-bond acceptors (Lipinski definition) is 4. The molecule has 0 atom stereocenters. The number of oxime groups is 1. The number of benzene rings is 1. The summed E-state index contributed by atoms with van der Waals surface area (Å²) in [6.07, 6.45) is 4.63. The molecule has 0 saturated heterocycles. The number of amidine groups is 1. The lowest BCUT2D eigenvalue weighted by molar-refractivity contribution is 0.270. The van der Waals surface area contributed by atoms with E-state index >= 15 is 0 Å². The summed E-state index contributed by atoms with van der Waals surface area (Å²) in [7, 11) is 0. The van der Waals surface area contributed by atoms with Crippen LogP contribution >= 0.6 is 0 Å². The second-order valence-electron chi connectivity index (χ2n) is 4.49. The van der Waals surface area contributed by atoms with E-state index in [4.69, 9.17) is 20.4 Å². The molecular formula is C15H24N2O3. The molecule has 1 aromatic rings. The van der Waals surface area contributed by atoms with Gasteiger partial charge in [0.05, 0.1) is 13.2 Å². The van der Waals surface area contributed by atoms with E-state index in [-0.39, 0.29) is 5.84 Å². The Hall–Kier alpha value is -1.91. The molecule has 112 valence electrons. The molecule has 0 aromatic heterocycles. The summed E-state index contributed by atoms with van der Waals surface area (Å²) in [5.74, 6) is 1.37. The molecule has 1 aromatic carbocycles. The molecule has 0 aliphatic heterocycles. The molecule has 0 radical (unpaired) electrons. The number of ether oxygens (including phenoxy) is 2. The predicted octanol–water partition coefficient (Wildman–Crippen LogP) is 3.14. The average molecular weight is 280 g/mol. The van der Waals surface area contributed by atoms with Crippen molar-refractivity contribution in [3.8, 4) is 11.5 Å². The summed E-state index contributed by atoms with van der Waals surface area (Å²) < 4.78 is 11.3. The summed E-state index contributed by atoms with van der Waals surface area (Å²) in [6.45, 7) is 5.29. The van der Waals surface area contributed by atoms with E-state index in [1.807, 2.05) is 6.92 Å². The van der Waals surface area contributed by atoms with E-state index in [1.54, 1.807) is 18.2 Å². The topological polar surface area (TPSA) is 77.1 Å². The first kappa shape index (κ1) is 16.1. The number of rotatable bonds is 9. The third-order valence-electron chi connectivity index (χ3n) is 2.90. The van der Waals surface area contributed by atoms with E-state index < -0.39 is 0 Å².